The second-order valence-corrected chi connectivity index (χ2v) is 3.89. The SMILES string of the molecule is [B]C1O[C@H](CO)[C@@H](C)C1(C)C. The van der Waals surface area contributed by atoms with Gasteiger partial charge < -0.3 is 9.84 Å². The smallest absolute Gasteiger partial charge is 0.109 e. The maximum Gasteiger partial charge on any atom is 0.109 e. The standard InChI is InChI=1S/C8H15BO2/c1-5-6(4-10)11-7(9)8(5,2)3/h5-7,10H,4H2,1-3H3/t5-,6-,7?/m1/s1. The third kappa shape index (κ3) is 1.32. The third-order valence-corrected chi connectivity index (χ3v) is 2.97. The predicted molar refractivity (Wildman–Crippen MR) is 44.4 cm³/mol. The Morgan fingerprint density at radius 3 is 2.27 bits per heavy atom. The maximum absolute atomic E-state index is 8.91. The second kappa shape index (κ2) is 2.79. The zero-order chi connectivity index (χ0) is 8.65. The van der Waals surface area contributed by atoms with Crippen LogP contribution in [0, 0.1) is 11.3 Å². The highest BCUT2D eigenvalue weighted by molar-refractivity contribution is 6.11. The lowest BCUT2D eigenvalue weighted by Crippen LogP contribution is -2.30. The summed E-state index contributed by atoms with van der Waals surface area (Å²) in [4.78, 5) is 0. The Bertz CT molecular complexity index is 147. The number of aliphatic hydroxyl groups is 1. The van der Waals surface area contributed by atoms with Gasteiger partial charge in [-0.1, -0.05) is 20.8 Å². The van der Waals surface area contributed by atoms with Crippen molar-refractivity contribution in [3.05, 3.63) is 0 Å². The summed E-state index contributed by atoms with van der Waals surface area (Å²) in [5.41, 5.74) is -0.0204. The largest absolute Gasteiger partial charge is 0.394 e. The van der Waals surface area contributed by atoms with Crippen molar-refractivity contribution in [3.8, 4) is 0 Å². The highest BCUT2D eigenvalue weighted by Gasteiger charge is 2.44. The predicted octanol–water partition coefficient (Wildman–Crippen LogP) is 0.534. The van der Waals surface area contributed by atoms with Gasteiger partial charge in [-0.25, -0.2) is 0 Å². The fourth-order valence-corrected chi connectivity index (χ4v) is 1.42. The summed E-state index contributed by atoms with van der Waals surface area (Å²) in [6, 6.07) is -0.241. The quantitative estimate of drug-likeness (QED) is 0.558. The molecule has 1 fully saturated rings. The van der Waals surface area contributed by atoms with Gasteiger partial charge in [0.25, 0.3) is 0 Å². The molecule has 0 bridgehead atoms. The molecule has 1 rings (SSSR count). The van der Waals surface area contributed by atoms with E-state index in [1.165, 1.54) is 0 Å². The average molecular weight is 154 g/mol. The lowest BCUT2D eigenvalue weighted by molar-refractivity contribution is 0.0269. The van der Waals surface area contributed by atoms with Crippen LogP contribution in [-0.4, -0.2) is 31.7 Å². The zero-order valence-corrected chi connectivity index (χ0v) is 7.37. The topological polar surface area (TPSA) is 29.5 Å². The molecular weight excluding hydrogens is 139 g/mol. The van der Waals surface area contributed by atoms with Crippen LogP contribution < -0.4 is 0 Å². The van der Waals surface area contributed by atoms with Crippen LogP contribution in [-0.2, 0) is 4.74 Å². The van der Waals surface area contributed by atoms with Gasteiger partial charge in [-0.3, -0.25) is 0 Å². The summed E-state index contributed by atoms with van der Waals surface area (Å²) in [6.07, 6.45) is -0.0833. The van der Waals surface area contributed by atoms with Crippen LogP contribution in [0.1, 0.15) is 20.8 Å². The second-order valence-electron chi connectivity index (χ2n) is 3.89. The molecule has 0 aromatic rings. The van der Waals surface area contributed by atoms with Gasteiger partial charge in [-0.2, -0.15) is 0 Å². The first-order valence-electron chi connectivity index (χ1n) is 4.02. The van der Waals surface area contributed by atoms with E-state index in [-0.39, 0.29) is 24.1 Å². The Morgan fingerprint density at radius 1 is 1.55 bits per heavy atom. The first-order valence-corrected chi connectivity index (χ1v) is 4.02. The molecule has 62 valence electrons. The van der Waals surface area contributed by atoms with E-state index < -0.39 is 0 Å². The van der Waals surface area contributed by atoms with E-state index in [0.29, 0.717) is 5.92 Å². The molecule has 0 amide bonds. The van der Waals surface area contributed by atoms with Crippen LogP contribution in [0.4, 0.5) is 0 Å². The zero-order valence-electron chi connectivity index (χ0n) is 7.37. The van der Waals surface area contributed by atoms with Crippen molar-refractivity contribution in [2.24, 2.45) is 11.3 Å². The Kier molecular flexibility index (Phi) is 2.31. The van der Waals surface area contributed by atoms with Gasteiger partial charge in [0.2, 0.25) is 0 Å². The highest BCUT2D eigenvalue weighted by Crippen LogP contribution is 2.41. The van der Waals surface area contributed by atoms with Crippen LogP contribution in [0.25, 0.3) is 0 Å². The molecule has 0 aromatic carbocycles. The Labute approximate surface area is 69.3 Å². The van der Waals surface area contributed by atoms with Gasteiger partial charge in [-0.05, 0) is 11.3 Å². The van der Waals surface area contributed by atoms with Crippen molar-refractivity contribution in [3.63, 3.8) is 0 Å². The van der Waals surface area contributed by atoms with E-state index in [4.69, 9.17) is 17.7 Å². The Hall–Kier alpha value is -0.0151. The maximum atomic E-state index is 8.91. The van der Waals surface area contributed by atoms with Crippen LogP contribution in [0.3, 0.4) is 0 Å². The lowest BCUT2D eigenvalue weighted by Gasteiger charge is -2.27. The van der Waals surface area contributed by atoms with Gasteiger partial charge in [0, 0.05) is 6.00 Å². The summed E-state index contributed by atoms with van der Waals surface area (Å²) in [5.74, 6) is 0.322. The molecule has 1 N–H and O–H groups in total. The third-order valence-electron chi connectivity index (χ3n) is 2.97. The fraction of sp³-hybridized carbons (Fsp3) is 1.00. The molecule has 3 atom stereocenters. The summed E-state index contributed by atoms with van der Waals surface area (Å²) < 4.78 is 5.37. The van der Waals surface area contributed by atoms with Crippen LogP contribution in [0.15, 0.2) is 0 Å². The van der Waals surface area contributed by atoms with Crippen molar-refractivity contribution in [1.29, 1.82) is 0 Å². The van der Waals surface area contributed by atoms with Crippen molar-refractivity contribution in [2.75, 3.05) is 6.61 Å². The fourth-order valence-electron chi connectivity index (χ4n) is 1.42. The van der Waals surface area contributed by atoms with E-state index in [2.05, 4.69) is 20.8 Å². The number of rotatable bonds is 1. The summed E-state index contributed by atoms with van der Waals surface area (Å²) in [6.45, 7) is 6.27. The van der Waals surface area contributed by atoms with Crippen molar-refractivity contribution < 1.29 is 9.84 Å². The van der Waals surface area contributed by atoms with Crippen molar-refractivity contribution in [2.45, 2.75) is 32.9 Å². The number of hydrogen-bond acceptors (Lipinski definition) is 2. The average Bonchev–Trinajstić information content (AvgIpc) is 2.14. The van der Waals surface area contributed by atoms with E-state index in [0.717, 1.165) is 0 Å². The molecule has 0 aromatic heterocycles. The molecule has 1 heterocycles. The van der Waals surface area contributed by atoms with Crippen LogP contribution in [0.2, 0.25) is 0 Å². The number of ether oxygens (including phenoxy) is 1. The molecule has 0 saturated carbocycles. The molecule has 1 saturated heterocycles. The molecule has 1 aliphatic heterocycles. The first-order chi connectivity index (χ1) is 5.00. The highest BCUT2D eigenvalue weighted by atomic mass is 16.5. The molecule has 11 heavy (non-hydrogen) atoms. The van der Waals surface area contributed by atoms with E-state index in [1.807, 2.05) is 0 Å². The summed E-state index contributed by atoms with van der Waals surface area (Å²) in [7, 11) is 5.74. The van der Waals surface area contributed by atoms with Gasteiger partial charge >= 0.3 is 0 Å². The molecule has 1 aliphatic rings. The van der Waals surface area contributed by atoms with Gasteiger partial charge in [-0.15, -0.1) is 0 Å². The van der Waals surface area contributed by atoms with Crippen LogP contribution in [0.5, 0.6) is 0 Å². The Morgan fingerprint density at radius 2 is 2.09 bits per heavy atom. The van der Waals surface area contributed by atoms with E-state index >= 15 is 0 Å². The van der Waals surface area contributed by atoms with E-state index in [9.17, 15) is 0 Å². The summed E-state index contributed by atoms with van der Waals surface area (Å²) in [5, 5.41) is 8.91. The normalized spacial score (nSPS) is 42.7. The van der Waals surface area contributed by atoms with Crippen molar-refractivity contribution >= 4 is 7.85 Å². The molecule has 2 nitrogen and oxygen atoms in total. The molecule has 1 unspecified atom stereocenters. The number of aliphatic hydroxyl groups excluding tert-OH is 1. The van der Waals surface area contributed by atoms with Crippen LogP contribution >= 0.6 is 0 Å². The summed E-state index contributed by atoms with van der Waals surface area (Å²) >= 11 is 0. The first kappa shape index (κ1) is 9.08. The van der Waals surface area contributed by atoms with E-state index in [1.54, 1.807) is 0 Å². The molecular formula is C8H15BO2. The molecule has 3 heteroatoms. The molecule has 0 spiro atoms. The van der Waals surface area contributed by atoms with Gasteiger partial charge in [0.05, 0.1) is 12.7 Å². The molecule has 2 radical (unpaired) electrons. The van der Waals surface area contributed by atoms with Crippen molar-refractivity contribution in [1.82, 2.24) is 0 Å². The number of hydrogen-bond donors (Lipinski definition) is 1. The minimum Gasteiger partial charge on any atom is -0.394 e. The molecule has 0 aliphatic carbocycles. The minimum absolute atomic E-state index is 0.0204. The van der Waals surface area contributed by atoms with Gasteiger partial charge in [0.15, 0.2) is 0 Å². The Balaban J connectivity index is 2.71. The van der Waals surface area contributed by atoms with Gasteiger partial charge in [0.1, 0.15) is 7.85 Å². The lowest BCUT2D eigenvalue weighted by atomic mass is 9.69. The monoisotopic (exact) mass is 154 g/mol. The minimum atomic E-state index is -0.241.